The third-order valence-corrected chi connectivity index (χ3v) is 9.90. The first-order valence-corrected chi connectivity index (χ1v) is 21.5. The van der Waals surface area contributed by atoms with Gasteiger partial charge in [0.15, 0.2) is 46.6 Å². The topological polar surface area (TPSA) is 498 Å². The van der Waals surface area contributed by atoms with Gasteiger partial charge in [-0.15, -0.1) is 61.2 Å². The molecule has 0 aliphatic rings. The Morgan fingerprint density at radius 1 is 0.329 bits per heavy atom. The number of hydrogen-bond acceptors (Lipinski definition) is 31. The van der Waals surface area contributed by atoms with E-state index in [2.05, 4.69) is 118 Å². The Balaban J connectivity index is 0.000000206. The molecule has 39 nitrogen and oxygen atoms in total. The first-order chi connectivity index (χ1) is 34.3. The Morgan fingerprint density at radius 3 is 0.986 bits per heavy atom. The minimum atomic E-state index is -0.682. The highest BCUT2D eigenvalue weighted by molar-refractivity contribution is 5.18. The molecule has 8 aromatic heterocycles. The van der Waals surface area contributed by atoms with E-state index in [1.165, 1.54) is 44.4 Å². The Bertz CT molecular complexity index is 2470. The van der Waals surface area contributed by atoms with E-state index in [4.69, 9.17) is 0 Å². The SMILES string of the molecule is OCCn1cnc(C(CC(c2nnn(CCO)n2)c2nnn(CCO)n2)c2nnn(CCO)n2)n1.OCCn1nnc(C(CC(c2nnn(CCO)n2)c2nnnn2CCO)c2nnnn2CCO)n1. The number of nitrogens with zero attached hydrogens (tertiary/aromatic N) is 31. The number of hydrogen-bond donors (Lipinski definition) is 8. The summed E-state index contributed by atoms with van der Waals surface area (Å²) in [6.07, 6.45) is 1.84. The lowest BCUT2D eigenvalue weighted by atomic mass is 9.91. The van der Waals surface area contributed by atoms with Gasteiger partial charge >= 0.3 is 0 Å². The number of tetrazole rings is 7. The predicted octanol–water partition coefficient (Wildman–Crippen LogP) is -9.48. The van der Waals surface area contributed by atoms with Crippen molar-refractivity contribution in [2.75, 3.05) is 52.9 Å². The van der Waals surface area contributed by atoms with E-state index in [9.17, 15) is 40.9 Å². The second-order valence-corrected chi connectivity index (χ2v) is 14.6. The standard InChI is InChI=1S/C16H25N15O4.C15H24N16O4/c32-5-1-28-10-17-13(21-28)11(14-18-25-29(22-14)2-6-33)9-12(15-19-26-30(23-15)3-7-34)16-20-27-31(24-16)4-8-35;32-5-1-28-14(18-22-26-28)10(12-16-24-30(20-12)3-7-34)9-11(13-17-25-31(21-13)4-8-35)15-19-23-27-29(15)2-6-33/h10-12,32-35H,1-9H2;10-11,32-35H,1-9H2. The van der Waals surface area contributed by atoms with E-state index in [1.54, 1.807) is 0 Å². The molecule has 0 saturated carbocycles. The van der Waals surface area contributed by atoms with Crippen LogP contribution >= 0.6 is 0 Å². The maximum absolute atomic E-state index is 9.45. The van der Waals surface area contributed by atoms with Gasteiger partial charge in [0.2, 0.25) is 0 Å². The lowest BCUT2D eigenvalue weighted by Gasteiger charge is -2.18. The number of rotatable bonds is 28. The van der Waals surface area contributed by atoms with Gasteiger partial charge < -0.3 is 40.9 Å². The van der Waals surface area contributed by atoms with Crippen molar-refractivity contribution in [3.63, 3.8) is 0 Å². The van der Waals surface area contributed by atoms with Crippen LogP contribution in [0.4, 0.5) is 0 Å². The Kier molecular flexibility index (Phi) is 18.0. The fourth-order valence-electron chi connectivity index (χ4n) is 6.78. The second-order valence-electron chi connectivity index (χ2n) is 14.6. The third-order valence-electron chi connectivity index (χ3n) is 9.90. The monoisotopic (exact) mass is 983 g/mol. The molecule has 0 bridgehead atoms. The van der Waals surface area contributed by atoms with Crippen molar-refractivity contribution in [2.45, 2.75) is 88.9 Å². The molecule has 39 heteroatoms. The summed E-state index contributed by atoms with van der Waals surface area (Å²) in [7, 11) is 0. The molecule has 3 unspecified atom stereocenters. The predicted molar refractivity (Wildman–Crippen MR) is 218 cm³/mol. The molecule has 0 saturated heterocycles. The minimum absolute atomic E-state index is 0.114. The van der Waals surface area contributed by atoms with Crippen LogP contribution in [0.25, 0.3) is 0 Å². The molecule has 8 N–H and O–H groups in total. The molecular formula is C31H49N31O8. The maximum atomic E-state index is 9.45. The largest absolute Gasteiger partial charge is 0.394 e. The molecule has 0 fully saturated rings. The average Bonchev–Trinajstić information content (AvgIpc) is 4.20. The van der Waals surface area contributed by atoms with E-state index in [-0.39, 0.29) is 147 Å². The zero-order valence-corrected chi connectivity index (χ0v) is 37.1. The lowest BCUT2D eigenvalue weighted by Crippen LogP contribution is -2.21. The van der Waals surface area contributed by atoms with E-state index < -0.39 is 23.7 Å². The fourth-order valence-corrected chi connectivity index (χ4v) is 6.78. The van der Waals surface area contributed by atoms with Gasteiger partial charge in [0.05, 0.1) is 129 Å². The second kappa shape index (κ2) is 25.1. The van der Waals surface area contributed by atoms with Crippen molar-refractivity contribution in [3.05, 3.63) is 52.9 Å². The molecule has 70 heavy (non-hydrogen) atoms. The van der Waals surface area contributed by atoms with Crippen LogP contribution in [0.1, 0.15) is 83.1 Å². The molecule has 0 radical (unpaired) electrons. The molecule has 0 aromatic carbocycles. The molecule has 0 aliphatic heterocycles. The van der Waals surface area contributed by atoms with Gasteiger partial charge in [-0.2, -0.15) is 29.1 Å². The first-order valence-electron chi connectivity index (χ1n) is 21.5. The van der Waals surface area contributed by atoms with Gasteiger partial charge in [-0.1, -0.05) is 0 Å². The van der Waals surface area contributed by atoms with Gasteiger partial charge in [0, 0.05) is 0 Å². The Labute approximate surface area is 391 Å². The molecule has 8 heterocycles. The van der Waals surface area contributed by atoms with Crippen molar-refractivity contribution < 1.29 is 40.9 Å². The number of aromatic nitrogens is 31. The number of aliphatic hydroxyl groups excluding tert-OH is 8. The molecule has 8 aromatic rings. The lowest BCUT2D eigenvalue weighted by molar-refractivity contribution is 0.257. The highest BCUT2D eigenvalue weighted by Crippen LogP contribution is 2.35. The maximum Gasteiger partial charge on any atom is 0.185 e. The van der Waals surface area contributed by atoms with Crippen LogP contribution in [0, 0.1) is 0 Å². The van der Waals surface area contributed by atoms with Crippen LogP contribution in [0.15, 0.2) is 6.33 Å². The van der Waals surface area contributed by atoms with Gasteiger partial charge in [0.1, 0.15) is 6.33 Å². The smallest absolute Gasteiger partial charge is 0.185 e. The summed E-state index contributed by atoms with van der Waals surface area (Å²) in [6.45, 7) is -0.153. The van der Waals surface area contributed by atoms with E-state index in [0.29, 0.717) is 17.5 Å². The molecule has 0 aliphatic carbocycles. The Hall–Kier alpha value is -7.69. The molecule has 0 amide bonds. The molecule has 376 valence electrons. The average molecular weight is 984 g/mol. The summed E-state index contributed by atoms with van der Waals surface area (Å²) in [5.41, 5.74) is 0. The van der Waals surface area contributed by atoms with Crippen LogP contribution < -0.4 is 0 Å². The van der Waals surface area contributed by atoms with Crippen molar-refractivity contribution in [3.8, 4) is 0 Å². The highest BCUT2D eigenvalue weighted by atomic mass is 16.3. The number of aliphatic hydroxyl groups is 8. The van der Waals surface area contributed by atoms with Crippen molar-refractivity contribution in [2.24, 2.45) is 0 Å². The van der Waals surface area contributed by atoms with E-state index >= 15 is 0 Å². The zero-order valence-electron chi connectivity index (χ0n) is 37.1. The Morgan fingerprint density at radius 2 is 0.643 bits per heavy atom. The van der Waals surface area contributed by atoms with Gasteiger partial charge in [-0.25, -0.2) is 14.3 Å². The summed E-state index contributed by atoms with van der Waals surface area (Å²) < 4.78 is 4.32. The normalized spacial score (nSPS) is 13.0. The summed E-state index contributed by atoms with van der Waals surface area (Å²) in [4.78, 5) is 10.6. The van der Waals surface area contributed by atoms with Crippen molar-refractivity contribution in [1.29, 1.82) is 0 Å². The fraction of sp³-hybridized carbons (Fsp3) is 0.710. The van der Waals surface area contributed by atoms with Crippen LogP contribution in [0.2, 0.25) is 0 Å². The van der Waals surface area contributed by atoms with Crippen LogP contribution in [-0.4, -0.2) is 250 Å². The highest BCUT2D eigenvalue weighted by Gasteiger charge is 2.36. The first kappa shape index (κ1) is 50.2. The van der Waals surface area contributed by atoms with Gasteiger partial charge in [0.25, 0.3) is 0 Å². The van der Waals surface area contributed by atoms with Gasteiger partial charge in [-0.3, -0.25) is 4.68 Å². The molecular weight excluding hydrogens is 935 g/mol. The van der Waals surface area contributed by atoms with Crippen molar-refractivity contribution in [1.82, 2.24) is 156 Å². The summed E-state index contributed by atoms with van der Waals surface area (Å²) in [6, 6.07) is 0. The quantitative estimate of drug-likeness (QED) is 0.0226. The third kappa shape index (κ3) is 12.5. The molecule has 0 spiro atoms. The van der Waals surface area contributed by atoms with E-state index in [1.807, 2.05) is 0 Å². The summed E-state index contributed by atoms with van der Waals surface area (Å²) >= 11 is 0. The van der Waals surface area contributed by atoms with Crippen LogP contribution in [0.3, 0.4) is 0 Å². The van der Waals surface area contributed by atoms with Gasteiger partial charge in [-0.05, 0) is 59.8 Å². The van der Waals surface area contributed by atoms with Crippen molar-refractivity contribution >= 4 is 0 Å². The zero-order chi connectivity index (χ0) is 49.2. The molecule has 3 atom stereocenters. The molecule has 8 rings (SSSR count). The minimum Gasteiger partial charge on any atom is -0.394 e. The summed E-state index contributed by atoms with van der Waals surface area (Å²) in [5, 5.41) is 164. The van der Waals surface area contributed by atoms with Crippen LogP contribution in [-0.2, 0) is 52.4 Å². The van der Waals surface area contributed by atoms with Crippen LogP contribution in [0.5, 0.6) is 0 Å². The van der Waals surface area contributed by atoms with E-state index in [0.717, 1.165) is 0 Å². The summed E-state index contributed by atoms with van der Waals surface area (Å²) in [5.74, 6) is -0.273.